The zero-order valence-corrected chi connectivity index (χ0v) is 6.12. The SMILES string of the molecule is Cl.O=C[C@@H]1CCCCN1. The maximum Gasteiger partial charge on any atom is 0.136 e. The molecule has 1 rings (SSSR count). The first-order chi connectivity index (χ1) is 3.93. The predicted octanol–water partition coefficient (Wildman–Crippen LogP) is 0.749. The van der Waals surface area contributed by atoms with Gasteiger partial charge in [0.05, 0.1) is 6.04 Å². The number of hydrogen-bond donors (Lipinski definition) is 1. The van der Waals surface area contributed by atoms with Gasteiger partial charge in [0, 0.05) is 0 Å². The maximum atomic E-state index is 10.1. The first-order valence-electron chi connectivity index (χ1n) is 3.12. The highest BCUT2D eigenvalue weighted by Gasteiger charge is 2.09. The summed E-state index contributed by atoms with van der Waals surface area (Å²) >= 11 is 0. The number of carbonyl (C=O) groups is 1. The maximum absolute atomic E-state index is 10.1. The van der Waals surface area contributed by atoms with E-state index in [1.165, 1.54) is 12.8 Å². The molecule has 1 heterocycles. The number of halogens is 1. The topological polar surface area (TPSA) is 29.1 Å². The van der Waals surface area contributed by atoms with E-state index < -0.39 is 0 Å². The second-order valence-corrected chi connectivity index (χ2v) is 2.19. The fourth-order valence-corrected chi connectivity index (χ4v) is 0.995. The molecule has 3 heteroatoms. The van der Waals surface area contributed by atoms with E-state index in [-0.39, 0.29) is 18.4 Å². The van der Waals surface area contributed by atoms with Crippen molar-refractivity contribution in [2.45, 2.75) is 25.3 Å². The Hall–Kier alpha value is -0.0800. The van der Waals surface area contributed by atoms with Gasteiger partial charge in [0.25, 0.3) is 0 Å². The monoisotopic (exact) mass is 149 g/mol. The summed E-state index contributed by atoms with van der Waals surface area (Å²) in [5, 5.41) is 3.10. The fraction of sp³-hybridized carbons (Fsp3) is 0.833. The van der Waals surface area contributed by atoms with Gasteiger partial charge in [-0.25, -0.2) is 0 Å². The summed E-state index contributed by atoms with van der Waals surface area (Å²) in [7, 11) is 0. The van der Waals surface area contributed by atoms with Gasteiger partial charge in [-0.2, -0.15) is 0 Å². The van der Waals surface area contributed by atoms with Crippen molar-refractivity contribution < 1.29 is 4.79 Å². The lowest BCUT2D eigenvalue weighted by molar-refractivity contribution is -0.110. The second-order valence-electron chi connectivity index (χ2n) is 2.19. The van der Waals surface area contributed by atoms with E-state index in [9.17, 15) is 4.79 Å². The largest absolute Gasteiger partial charge is 0.308 e. The van der Waals surface area contributed by atoms with Crippen molar-refractivity contribution in [1.82, 2.24) is 5.32 Å². The van der Waals surface area contributed by atoms with Crippen molar-refractivity contribution in [3.63, 3.8) is 0 Å². The molecule has 0 amide bonds. The average Bonchev–Trinajstić information content (AvgIpc) is 1.90. The molecule has 0 radical (unpaired) electrons. The first-order valence-corrected chi connectivity index (χ1v) is 3.12. The highest BCUT2D eigenvalue weighted by Crippen LogP contribution is 2.03. The standard InChI is InChI=1S/C6H11NO.ClH/c8-5-6-3-1-2-4-7-6;/h5-7H,1-4H2;1H/t6-;/m0./s1. The van der Waals surface area contributed by atoms with Crippen LogP contribution in [0.2, 0.25) is 0 Å². The Bertz CT molecular complexity index is 81.1. The Labute approximate surface area is 61.4 Å². The van der Waals surface area contributed by atoms with Crippen molar-refractivity contribution in [2.75, 3.05) is 6.54 Å². The van der Waals surface area contributed by atoms with Crippen LogP contribution in [-0.4, -0.2) is 18.9 Å². The summed E-state index contributed by atoms with van der Waals surface area (Å²) in [6.45, 7) is 1.02. The Balaban J connectivity index is 0.000000640. The third-order valence-electron chi connectivity index (χ3n) is 1.51. The smallest absolute Gasteiger partial charge is 0.136 e. The van der Waals surface area contributed by atoms with Crippen LogP contribution in [0.1, 0.15) is 19.3 Å². The lowest BCUT2D eigenvalue weighted by atomic mass is 10.1. The molecule has 1 aliphatic rings. The van der Waals surface area contributed by atoms with Crippen LogP contribution in [0.25, 0.3) is 0 Å². The van der Waals surface area contributed by atoms with E-state index in [1.807, 2.05) is 0 Å². The van der Waals surface area contributed by atoms with E-state index in [1.54, 1.807) is 0 Å². The molecule has 0 spiro atoms. The molecule has 1 fully saturated rings. The van der Waals surface area contributed by atoms with Crippen LogP contribution in [-0.2, 0) is 4.79 Å². The molecule has 0 unspecified atom stereocenters. The van der Waals surface area contributed by atoms with Crippen molar-refractivity contribution in [1.29, 1.82) is 0 Å². The van der Waals surface area contributed by atoms with Gasteiger partial charge in [0.15, 0.2) is 0 Å². The van der Waals surface area contributed by atoms with Gasteiger partial charge in [-0.05, 0) is 19.4 Å². The minimum atomic E-state index is 0. The number of rotatable bonds is 1. The van der Waals surface area contributed by atoms with Gasteiger partial charge in [-0.1, -0.05) is 6.42 Å². The molecule has 0 bridgehead atoms. The highest BCUT2D eigenvalue weighted by molar-refractivity contribution is 5.85. The summed E-state index contributed by atoms with van der Waals surface area (Å²) in [5.41, 5.74) is 0. The van der Waals surface area contributed by atoms with E-state index in [4.69, 9.17) is 0 Å². The third kappa shape index (κ3) is 2.82. The van der Waals surface area contributed by atoms with Gasteiger partial charge >= 0.3 is 0 Å². The quantitative estimate of drug-likeness (QED) is 0.558. The number of hydrogen-bond acceptors (Lipinski definition) is 2. The van der Waals surface area contributed by atoms with Crippen LogP contribution < -0.4 is 5.32 Å². The van der Waals surface area contributed by atoms with Crippen LogP contribution in [0.4, 0.5) is 0 Å². The van der Waals surface area contributed by atoms with Crippen molar-refractivity contribution >= 4 is 18.7 Å². The first kappa shape index (κ1) is 8.92. The number of aldehydes is 1. The zero-order chi connectivity index (χ0) is 5.82. The molecule has 54 valence electrons. The zero-order valence-electron chi connectivity index (χ0n) is 5.30. The molecule has 0 saturated carbocycles. The van der Waals surface area contributed by atoms with E-state index in [0.717, 1.165) is 19.3 Å². The van der Waals surface area contributed by atoms with Crippen LogP contribution >= 0.6 is 12.4 Å². The van der Waals surface area contributed by atoms with Crippen LogP contribution in [0, 0.1) is 0 Å². The highest BCUT2D eigenvalue weighted by atomic mass is 35.5. The fourth-order valence-electron chi connectivity index (χ4n) is 0.995. The molecular weight excluding hydrogens is 138 g/mol. The molecular formula is C6H12ClNO. The Morgan fingerprint density at radius 2 is 2.22 bits per heavy atom. The molecule has 1 N–H and O–H groups in total. The molecule has 0 aromatic heterocycles. The number of piperidine rings is 1. The number of carbonyl (C=O) groups excluding carboxylic acids is 1. The van der Waals surface area contributed by atoms with E-state index in [2.05, 4.69) is 5.32 Å². The van der Waals surface area contributed by atoms with Crippen LogP contribution in [0.15, 0.2) is 0 Å². The Morgan fingerprint density at radius 1 is 1.44 bits per heavy atom. The third-order valence-corrected chi connectivity index (χ3v) is 1.51. The minimum Gasteiger partial charge on any atom is -0.308 e. The van der Waals surface area contributed by atoms with Crippen LogP contribution in [0.3, 0.4) is 0 Å². The van der Waals surface area contributed by atoms with E-state index >= 15 is 0 Å². The average molecular weight is 150 g/mol. The molecule has 1 saturated heterocycles. The summed E-state index contributed by atoms with van der Waals surface area (Å²) in [6.07, 6.45) is 4.46. The summed E-state index contributed by atoms with van der Waals surface area (Å²) < 4.78 is 0. The summed E-state index contributed by atoms with van der Waals surface area (Å²) in [5.74, 6) is 0. The van der Waals surface area contributed by atoms with Gasteiger partial charge in [-0.3, -0.25) is 0 Å². The second kappa shape index (κ2) is 4.77. The molecule has 1 atom stereocenters. The van der Waals surface area contributed by atoms with Crippen molar-refractivity contribution in [2.24, 2.45) is 0 Å². The molecule has 2 nitrogen and oxygen atoms in total. The summed E-state index contributed by atoms with van der Waals surface area (Å²) in [6, 6.07) is 0.156. The molecule has 9 heavy (non-hydrogen) atoms. The molecule has 0 aromatic rings. The van der Waals surface area contributed by atoms with Gasteiger partial charge < -0.3 is 10.1 Å². The van der Waals surface area contributed by atoms with Crippen molar-refractivity contribution in [3.8, 4) is 0 Å². The molecule has 0 aliphatic carbocycles. The van der Waals surface area contributed by atoms with Crippen molar-refractivity contribution in [3.05, 3.63) is 0 Å². The molecule has 0 aromatic carbocycles. The van der Waals surface area contributed by atoms with E-state index in [0.29, 0.717) is 0 Å². The minimum absolute atomic E-state index is 0. The lowest BCUT2D eigenvalue weighted by Crippen LogP contribution is -2.34. The molecule has 1 aliphatic heterocycles. The Morgan fingerprint density at radius 3 is 2.56 bits per heavy atom. The van der Waals surface area contributed by atoms with Gasteiger partial charge in [-0.15, -0.1) is 12.4 Å². The summed E-state index contributed by atoms with van der Waals surface area (Å²) in [4.78, 5) is 10.1. The van der Waals surface area contributed by atoms with Gasteiger partial charge in [0.1, 0.15) is 6.29 Å². The van der Waals surface area contributed by atoms with Crippen LogP contribution in [0.5, 0.6) is 0 Å². The normalized spacial score (nSPS) is 26.4. The predicted molar refractivity (Wildman–Crippen MR) is 39.0 cm³/mol. The lowest BCUT2D eigenvalue weighted by Gasteiger charge is -2.17. The van der Waals surface area contributed by atoms with Gasteiger partial charge in [0.2, 0.25) is 0 Å². The Kier molecular flexibility index (Phi) is 4.72. The number of nitrogens with one attached hydrogen (secondary N) is 1.